The van der Waals surface area contributed by atoms with Crippen molar-refractivity contribution in [1.29, 1.82) is 0 Å². The van der Waals surface area contributed by atoms with Gasteiger partial charge >= 0.3 is 0 Å². The minimum atomic E-state index is -1.98. The SMILES string of the molecule is [2H]C1([2H])C[C@H]2[C@@H]3CCC4=C(CC[C@H](O)C4)[C@H]3CC[C@]2(C)[C@]1([2H])O. The molecule has 2 heteroatoms. The number of hydrogen-bond donors (Lipinski definition) is 2. The predicted molar refractivity (Wildman–Crippen MR) is 79.2 cm³/mol. The summed E-state index contributed by atoms with van der Waals surface area (Å²) in [6, 6.07) is 0. The first kappa shape index (κ1) is 10.4. The number of aliphatic hydroxyl groups is 2. The van der Waals surface area contributed by atoms with Crippen LogP contribution >= 0.6 is 0 Å². The van der Waals surface area contributed by atoms with Crippen LogP contribution in [0, 0.1) is 23.2 Å². The zero-order valence-corrected chi connectivity index (χ0v) is 12.4. The Bertz CT molecular complexity index is 556. The highest BCUT2D eigenvalue weighted by Crippen LogP contribution is 2.61. The molecule has 0 unspecified atom stereocenters. The van der Waals surface area contributed by atoms with Gasteiger partial charge in [0.15, 0.2) is 0 Å². The summed E-state index contributed by atoms with van der Waals surface area (Å²) in [5.74, 6) is 0.992. The Balaban J connectivity index is 1.69. The lowest BCUT2D eigenvalue weighted by molar-refractivity contribution is -0.0326. The van der Waals surface area contributed by atoms with Gasteiger partial charge in [0.05, 0.1) is 13.6 Å². The van der Waals surface area contributed by atoms with Crippen LogP contribution in [-0.4, -0.2) is 22.4 Å². The van der Waals surface area contributed by atoms with E-state index in [-0.39, 0.29) is 12.0 Å². The molecular weight excluding hydrogens is 248 g/mol. The van der Waals surface area contributed by atoms with E-state index in [2.05, 4.69) is 0 Å². The van der Waals surface area contributed by atoms with Crippen LogP contribution < -0.4 is 0 Å². The molecule has 0 saturated heterocycles. The number of fused-ring (bicyclic) bond motifs is 4. The molecule has 0 aromatic carbocycles. The third-order valence-electron chi connectivity index (χ3n) is 6.77. The van der Waals surface area contributed by atoms with E-state index in [1.165, 1.54) is 11.1 Å². The summed E-state index contributed by atoms with van der Waals surface area (Å²) >= 11 is 0. The molecule has 0 heterocycles. The molecule has 20 heavy (non-hydrogen) atoms. The lowest BCUT2D eigenvalue weighted by atomic mass is 9.54. The molecule has 0 aromatic rings. The average molecular weight is 279 g/mol. The van der Waals surface area contributed by atoms with E-state index in [9.17, 15) is 10.2 Å². The number of aliphatic hydroxyl groups excluding tert-OH is 1. The molecule has 2 nitrogen and oxygen atoms in total. The van der Waals surface area contributed by atoms with E-state index in [1.54, 1.807) is 0 Å². The van der Waals surface area contributed by atoms with Gasteiger partial charge in [-0.2, -0.15) is 0 Å². The standard InChI is InChI=1S/C18H28O2/c1-18-9-8-14-13-5-3-12(19)10-11(13)2-4-15(14)16(18)6-7-17(18)20/h12,14-17,19-20H,2-10H2,1H3/t12-,14+,15+,16-,17+,18-/m0/s1/i7D2,17D. The van der Waals surface area contributed by atoms with Crippen molar-refractivity contribution in [2.75, 3.05) is 0 Å². The Kier molecular flexibility index (Phi) is 2.38. The average Bonchev–Trinajstić information content (AvgIpc) is 2.62. The second-order valence-electron chi connectivity index (χ2n) is 7.63. The van der Waals surface area contributed by atoms with Crippen molar-refractivity contribution in [1.82, 2.24) is 0 Å². The van der Waals surface area contributed by atoms with Crippen molar-refractivity contribution in [3.63, 3.8) is 0 Å². The Morgan fingerprint density at radius 3 is 2.90 bits per heavy atom. The normalized spacial score (nSPS) is 59.9. The molecule has 0 radical (unpaired) electrons. The van der Waals surface area contributed by atoms with Crippen LogP contribution in [0.25, 0.3) is 0 Å². The Hall–Kier alpha value is -0.340. The minimum Gasteiger partial charge on any atom is -0.393 e. The van der Waals surface area contributed by atoms with Gasteiger partial charge in [-0.05, 0) is 80.9 Å². The van der Waals surface area contributed by atoms with Crippen LogP contribution in [0.3, 0.4) is 0 Å². The maximum Gasteiger partial charge on any atom is 0.0606 e. The zero-order chi connectivity index (χ0) is 16.6. The van der Waals surface area contributed by atoms with Crippen LogP contribution in [0.15, 0.2) is 11.1 Å². The van der Waals surface area contributed by atoms with Crippen molar-refractivity contribution < 1.29 is 14.3 Å². The van der Waals surface area contributed by atoms with Crippen LogP contribution in [0.4, 0.5) is 0 Å². The fourth-order valence-corrected chi connectivity index (χ4v) is 5.59. The van der Waals surface area contributed by atoms with Crippen molar-refractivity contribution in [2.24, 2.45) is 23.2 Å². The van der Waals surface area contributed by atoms with Crippen LogP contribution in [-0.2, 0) is 0 Å². The molecule has 2 fully saturated rings. The molecule has 0 amide bonds. The van der Waals surface area contributed by atoms with Gasteiger partial charge in [0, 0.05) is 2.74 Å². The van der Waals surface area contributed by atoms with Crippen molar-refractivity contribution in [3.8, 4) is 0 Å². The van der Waals surface area contributed by atoms with Crippen molar-refractivity contribution >= 4 is 0 Å². The summed E-state index contributed by atoms with van der Waals surface area (Å²) in [7, 11) is 0. The number of hydrogen-bond acceptors (Lipinski definition) is 2. The first-order chi connectivity index (χ1) is 10.7. The summed E-state index contributed by atoms with van der Waals surface area (Å²) < 4.78 is 24.8. The van der Waals surface area contributed by atoms with E-state index >= 15 is 0 Å². The summed E-state index contributed by atoms with van der Waals surface area (Å²) in [4.78, 5) is 0. The van der Waals surface area contributed by atoms with E-state index in [0.717, 1.165) is 44.9 Å². The summed E-state index contributed by atoms with van der Waals surface area (Å²) in [5, 5.41) is 20.6. The van der Waals surface area contributed by atoms with Gasteiger partial charge in [0.25, 0.3) is 0 Å². The molecule has 0 spiro atoms. The first-order valence-corrected chi connectivity index (χ1v) is 8.28. The summed E-state index contributed by atoms with van der Waals surface area (Å²) in [6.45, 7) is 1.94. The fourth-order valence-electron chi connectivity index (χ4n) is 5.59. The second-order valence-corrected chi connectivity index (χ2v) is 7.63. The Morgan fingerprint density at radius 2 is 2.05 bits per heavy atom. The van der Waals surface area contributed by atoms with E-state index in [4.69, 9.17) is 4.11 Å². The van der Waals surface area contributed by atoms with Gasteiger partial charge in [-0.3, -0.25) is 0 Å². The minimum absolute atomic E-state index is 0.0969. The zero-order valence-electron chi connectivity index (χ0n) is 15.4. The molecule has 4 aliphatic carbocycles. The summed E-state index contributed by atoms with van der Waals surface area (Å²) in [6.07, 6.45) is 2.74. The van der Waals surface area contributed by atoms with Gasteiger partial charge < -0.3 is 10.2 Å². The molecule has 2 N–H and O–H groups in total. The van der Waals surface area contributed by atoms with Crippen LogP contribution in [0.1, 0.15) is 68.8 Å². The van der Waals surface area contributed by atoms with Gasteiger partial charge in [-0.15, -0.1) is 0 Å². The van der Waals surface area contributed by atoms with E-state index in [1.807, 2.05) is 6.92 Å². The molecule has 0 aromatic heterocycles. The van der Waals surface area contributed by atoms with Gasteiger partial charge in [-0.1, -0.05) is 18.1 Å². The van der Waals surface area contributed by atoms with Gasteiger partial charge in [-0.25, -0.2) is 0 Å². The third-order valence-corrected chi connectivity index (χ3v) is 6.77. The lowest BCUT2D eigenvalue weighted by Gasteiger charge is -2.51. The van der Waals surface area contributed by atoms with Crippen molar-refractivity contribution in [2.45, 2.75) is 76.8 Å². The predicted octanol–water partition coefficient (Wildman–Crippen LogP) is 3.43. The molecule has 4 aliphatic rings. The molecule has 0 bridgehead atoms. The fraction of sp³-hybridized carbons (Fsp3) is 0.889. The smallest absolute Gasteiger partial charge is 0.0606 e. The van der Waals surface area contributed by atoms with Crippen LogP contribution in [0.2, 0.25) is 0 Å². The first-order valence-electron chi connectivity index (χ1n) is 9.78. The second kappa shape index (κ2) is 4.58. The highest BCUT2D eigenvalue weighted by atomic mass is 16.3. The number of allylic oxidation sites excluding steroid dienone is 1. The van der Waals surface area contributed by atoms with Gasteiger partial charge in [0.2, 0.25) is 0 Å². The topological polar surface area (TPSA) is 40.5 Å². The molecule has 2 saturated carbocycles. The third kappa shape index (κ3) is 1.77. The van der Waals surface area contributed by atoms with Gasteiger partial charge in [0.1, 0.15) is 0 Å². The molecule has 4 rings (SSSR count). The maximum atomic E-state index is 10.7. The lowest BCUT2D eigenvalue weighted by Crippen LogP contribution is -2.45. The largest absolute Gasteiger partial charge is 0.393 e. The van der Waals surface area contributed by atoms with E-state index in [0.29, 0.717) is 18.3 Å². The number of rotatable bonds is 0. The van der Waals surface area contributed by atoms with E-state index < -0.39 is 17.9 Å². The molecule has 6 atom stereocenters. The Morgan fingerprint density at radius 1 is 1.20 bits per heavy atom. The maximum absolute atomic E-state index is 10.7. The van der Waals surface area contributed by atoms with Crippen molar-refractivity contribution in [3.05, 3.63) is 11.1 Å². The molecular formula is C18H28O2. The highest BCUT2D eigenvalue weighted by molar-refractivity contribution is 5.27. The monoisotopic (exact) mass is 279 g/mol. The highest BCUT2D eigenvalue weighted by Gasteiger charge is 2.54. The quantitative estimate of drug-likeness (QED) is 0.667. The van der Waals surface area contributed by atoms with Crippen LogP contribution in [0.5, 0.6) is 0 Å². The Labute approximate surface area is 126 Å². The molecule has 0 aliphatic heterocycles. The molecule has 112 valence electrons. The summed E-state index contributed by atoms with van der Waals surface area (Å²) in [5.41, 5.74) is 2.36.